The maximum absolute atomic E-state index is 13.5. The van der Waals surface area contributed by atoms with Crippen LogP contribution in [0.5, 0.6) is 0 Å². The van der Waals surface area contributed by atoms with Crippen molar-refractivity contribution in [3.63, 3.8) is 0 Å². The Hall–Kier alpha value is -1.39. The lowest BCUT2D eigenvalue weighted by molar-refractivity contribution is -0.145. The van der Waals surface area contributed by atoms with Crippen LogP contribution in [0.15, 0.2) is 24.3 Å². The number of hydrogen-bond acceptors (Lipinski definition) is 3. The first-order valence-electron chi connectivity index (χ1n) is 9.11. The quantitative estimate of drug-likeness (QED) is 0.897. The number of carbonyl (C=O) groups excluding carboxylic acids is 1. The summed E-state index contributed by atoms with van der Waals surface area (Å²) in [5.41, 5.74) is 2.43. The Balaban J connectivity index is 1.66. The van der Waals surface area contributed by atoms with E-state index in [-0.39, 0.29) is 5.54 Å². The molecule has 1 aromatic rings. The predicted octanol–water partition coefficient (Wildman–Crippen LogP) is 1.44. The minimum atomic E-state index is -0.318. The number of carbonyl (C=O) groups is 1. The summed E-state index contributed by atoms with van der Waals surface area (Å²) in [5, 5.41) is 3.36. The van der Waals surface area contributed by atoms with Gasteiger partial charge < -0.3 is 10.2 Å². The molecule has 1 aromatic carbocycles. The molecule has 2 saturated heterocycles. The van der Waals surface area contributed by atoms with Gasteiger partial charge in [-0.25, -0.2) is 0 Å². The largest absolute Gasteiger partial charge is 0.339 e. The van der Waals surface area contributed by atoms with Gasteiger partial charge in [-0.2, -0.15) is 0 Å². The molecule has 4 nitrogen and oxygen atoms in total. The lowest BCUT2D eigenvalue weighted by Crippen LogP contribution is -2.63. The molecule has 2 heterocycles. The molecule has 0 spiro atoms. The second kappa shape index (κ2) is 6.25. The van der Waals surface area contributed by atoms with Crippen molar-refractivity contribution >= 4 is 5.91 Å². The fraction of sp³-hybridized carbons (Fsp3) is 0.632. The maximum atomic E-state index is 13.5. The van der Waals surface area contributed by atoms with E-state index in [4.69, 9.17) is 0 Å². The smallest absolute Gasteiger partial charge is 0.243 e. The van der Waals surface area contributed by atoms with Crippen LogP contribution in [-0.4, -0.2) is 60.5 Å². The van der Waals surface area contributed by atoms with E-state index in [2.05, 4.69) is 39.4 Å². The molecule has 1 aliphatic carbocycles. The number of rotatable bonds is 2. The summed E-state index contributed by atoms with van der Waals surface area (Å²) in [4.78, 5) is 18.2. The monoisotopic (exact) mass is 313 g/mol. The maximum Gasteiger partial charge on any atom is 0.243 e. The highest BCUT2D eigenvalue weighted by atomic mass is 16.2. The zero-order valence-electron chi connectivity index (χ0n) is 13.9. The van der Waals surface area contributed by atoms with E-state index >= 15 is 0 Å². The van der Waals surface area contributed by atoms with Gasteiger partial charge in [0.25, 0.3) is 0 Å². The van der Waals surface area contributed by atoms with Gasteiger partial charge in [0.15, 0.2) is 0 Å². The van der Waals surface area contributed by atoms with Crippen LogP contribution in [-0.2, 0) is 17.6 Å². The van der Waals surface area contributed by atoms with Crippen molar-refractivity contribution in [3.05, 3.63) is 35.4 Å². The highest BCUT2D eigenvalue weighted by Gasteiger charge is 2.50. The highest BCUT2D eigenvalue weighted by Crippen LogP contribution is 2.37. The molecule has 0 saturated carbocycles. The van der Waals surface area contributed by atoms with Gasteiger partial charge in [-0.05, 0) is 37.1 Å². The van der Waals surface area contributed by atoms with E-state index in [1.54, 1.807) is 0 Å². The van der Waals surface area contributed by atoms with Crippen molar-refractivity contribution in [2.24, 2.45) is 0 Å². The van der Waals surface area contributed by atoms with E-state index in [0.29, 0.717) is 5.91 Å². The molecule has 1 N–H and O–H groups in total. The minimum absolute atomic E-state index is 0.318. The first-order chi connectivity index (χ1) is 11.3. The molecule has 0 aromatic heterocycles. The van der Waals surface area contributed by atoms with Gasteiger partial charge in [-0.15, -0.1) is 0 Å². The number of amides is 1. The van der Waals surface area contributed by atoms with Crippen molar-refractivity contribution in [3.8, 4) is 0 Å². The van der Waals surface area contributed by atoms with Crippen LogP contribution in [0.3, 0.4) is 0 Å². The first kappa shape index (κ1) is 15.2. The van der Waals surface area contributed by atoms with Crippen molar-refractivity contribution in [2.45, 2.75) is 37.6 Å². The average Bonchev–Trinajstić information content (AvgIpc) is 3.03. The van der Waals surface area contributed by atoms with Gasteiger partial charge in [-0.1, -0.05) is 30.7 Å². The fourth-order valence-corrected chi connectivity index (χ4v) is 4.59. The molecule has 4 heteroatoms. The molecule has 4 rings (SSSR count). The normalized spacial score (nSPS) is 24.4. The van der Waals surface area contributed by atoms with E-state index in [0.717, 1.165) is 52.1 Å². The van der Waals surface area contributed by atoms with Crippen molar-refractivity contribution < 1.29 is 4.79 Å². The number of piperazine rings is 1. The summed E-state index contributed by atoms with van der Waals surface area (Å²) < 4.78 is 0. The van der Waals surface area contributed by atoms with Crippen LogP contribution in [0, 0.1) is 0 Å². The Morgan fingerprint density at radius 3 is 2.13 bits per heavy atom. The lowest BCUT2D eigenvalue weighted by atomic mass is 9.88. The molecule has 0 bridgehead atoms. The topological polar surface area (TPSA) is 35.6 Å². The van der Waals surface area contributed by atoms with Crippen LogP contribution < -0.4 is 5.32 Å². The Morgan fingerprint density at radius 2 is 1.52 bits per heavy atom. The van der Waals surface area contributed by atoms with Crippen LogP contribution in [0.1, 0.15) is 30.4 Å². The van der Waals surface area contributed by atoms with E-state index < -0.39 is 0 Å². The third kappa shape index (κ3) is 2.68. The number of fused-ring (bicyclic) bond motifs is 1. The minimum Gasteiger partial charge on any atom is -0.339 e. The SMILES string of the molecule is O=C(N1CCNCC1)C1(N2CCCCC2)Cc2ccccc2C1. The van der Waals surface area contributed by atoms with Crippen LogP contribution in [0.2, 0.25) is 0 Å². The Kier molecular flexibility index (Phi) is 4.12. The van der Waals surface area contributed by atoms with Gasteiger partial charge in [0.05, 0.1) is 0 Å². The molecule has 23 heavy (non-hydrogen) atoms. The van der Waals surface area contributed by atoms with Gasteiger partial charge in [-0.3, -0.25) is 9.69 Å². The van der Waals surface area contributed by atoms with Crippen LogP contribution >= 0.6 is 0 Å². The summed E-state index contributed by atoms with van der Waals surface area (Å²) in [6, 6.07) is 8.65. The van der Waals surface area contributed by atoms with Gasteiger partial charge in [0, 0.05) is 39.0 Å². The van der Waals surface area contributed by atoms with Crippen molar-refractivity contribution in [2.75, 3.05) is 39.3 Å². The number of piperidine rings is 1. The molecule has 2 aliphatic heterocycles. The number of benzene rings is 1. The Bertz CT molecular complexity index is 549. The highest BCUT2D eigenvalue weighted by molar-refractivity contribution is 5.88. The summed E-state index contributed by atoms with van der Waals surface area (Å²) in [7, 11) is 0. The fourth-order valence-electron chi connectivity index (χ4n) is 4.59. The molecule has 2 fully saturated rings. The number of hydrogen-bond donors (Lipinski definition) is 1. The molecule has 0 unspecified atom stereocenters. The predicted molar refractivity (Wildman–Crippen MR) is 91.5 cm³/mol. The van der Waals surface area contributed by atoms with Crippen molar-refractivity contribution in [1.29, 1.82) is 0 Å². The van der Waals surface area contributed by atoms with Gasteiger partial charge >= 0.3 is 0 Å². The third-order valence-electron chi connectivity index (χ3n) is 5.85. The van der Waals surface area contributed by atoms with E-state index in [9.17, 15) is 4.79 Å². The summed E-state index contributed by atoms with van der Waals surface area (Å²) in [5.74, 6) is 0.372. The van der Waals surface area contributed by atoms with Crippen LogP contribution in [0.4, 0.5) is 0 Å². The summed E-state index contributed by atoms with van der Waals surface area (Å²) >= 11 is 0. The standard InChI is InChI=1S/C19H27N3O/c23-18(21-12-8-20-9-13-21)19(22-10-4-1-5-11-22)14-16-6-2-3-7-17(16)15-19/h2-3,6-7,20H,1,4-5,8-15H2. The Labute approximate surface area is 138 Å². The zero-order valence-corrected chi connectivity index (χ0v) is 13.9. The average molecular weight is 313 g/mol. The number of nitrogens with zero attached hydrogens (tertiary/aromatic N) is 2. The number of likely N-dealkylation sites (tertiary alicyclic amines) is 1. The second-order valence-electron chi connectivity index (χ2n) is 7.24. The van der Waals surface area contributed by atoms with E-state index in [1.807, 2.05) is 0 Å². The van der Waals surface area contributed by atoms with Gasteiger partial charge in [0.2, 0.25) is 5.91 Å². The van der Waals surface area contributed by atoms with Gasteiger partial charge in [0.1, 0.15) is 5.54 Å². The second-order valence-corrected chi connectivity index (χ2v) is 7.24. The van der Waals surface area contributed by atoms with Crippen LogP contribution in [0.25, 0.3) is 0 Å². The lowest BCUT2D eigenvalue weighted by Gasteiger charge is -2.45. The molecule has 0 atom stereocenters. The molecule has 124 valence electrons. The molecule has 3 aliphatic rings. The first-order valence-corrected chi connectivity index (χ1v) is 9.11. The number of nitrogens with one attached hydrogen (secondary N) is 1. The molecule has 1 amide bonds. The van der Waals surface area contributed by atoms with E-state index in [1.165, 1.54) is 30.4 Å². The summed E-state index contributed by atoms with van der Waals surface area (Å²) in [6.45, 7) is 5.71. The molecular weight excluding hydrogens is 286 g/mol. The molecule has 0 radical (unpaired) electrons. The third-order valence-corrected chi connectivity index (χ3v) is 5.85. The zero-order chi connectivity index (χ0) is 15.7. The molecular formula is C19H27N3O. The van der Waals surface area contributed by atoms with Crippen molar-refractivity contribution in [1.82, 2.24) is 15.1 Å². The summed E-state index contributed by atoms with van der Waals surface area (Å²) in [6.07, 6.45) is 5.55. The Morgan fingerprint density at radius 1 is 0.913 bits per heavy atom.